The van der Waals surface area contributed by atoms with E-state index in [-0.39, 0.29) is 17.5 Å². The number of oxazole rings is 1. The zero-order valence-electron chi connectivity index (χ0n) is 18.4. The second-order valence-electron chi connectivity index (χ2n) is 8.35. The van der Waals surface area contributed by atoms with Crippen molar-refractivity contribution in [1.29, 1.82) is 0 Å². The van der Waals surface area contributed by atoms with E-state index in [0.717, 1.165) is 36.1 Å². The number of benzene rings is 3. The molecule has 0 unspecified atom stereocenters. The molecule has 35 heavy (non-hydrogen) atoms. The van der Waals surface area contributed by atoms with E-state index in [1.165, 1.54) is 24.3 Å². The van der Waals surface area contributed by atoms with Gasteiger partial charge in [0.25, 0.3) is 15.9 Å². The molecule has 0 radical (unpaired) electrons. The molecule has 1 saturated heterocycles. The molecule has 10 heteroatoms. The summed E-state index contributed by atoms with van der Waals surface area (Å²) in [4.78, 5) is 18.9. The van der Waals surface area contributed by atoms with E-state index in [1.54, 1.807) is 4.90 Å². The number of para-hydroxylation sites is 2. The molecule has 1 aliphatic rings. The maximum Gasteiger partial charge on any atom is 0.261 e. The van der Waals surface area contributed by atoms with Crippen LogP contribution in [0.5, 0.6) is 0 Å². The van der Waals surface area contributed by atoms with Gasteiger partial charge < -0.3 is 9.32 Å². The van der Waals surface area contributed by atoms with Gasteiger partial charge in [-0.3, -0.25) is 9.52 Å². The Morgan fingerprint density at radius 2 is 1.69 bits per heavy atom. The van der Waals surface area contributed by atoms with Crippen molar-refractivity contribution in [2.75, 3.05) is 17.8 Å². The van der Waals surface area contributed by atoms with E-state index in [0.29, 0.717) is 30.6 Å². The normalized spacial score (nSPS) is 14.9. The van der Waals surface area contributed by atoms with Crippen LogP contribution >= 0.6 is 0 Å². The van der Waals surface area contributed by atoms with Crippen molar-refractivity contribution in [2.24, 2.45) is 0 Å². The predicted octanol–water partition coefficient (Wildman–Crippen LogP) is 4.93. The molecule has 0 saturated carbocycles. The summed E-state index contributed by atoms with van der Waals surface area (Å²) in [5.41, 5.74) is 2.18. The lowest BCUT2D eigenvalue weighted by molar-refractivity contribution is 0.0706. The van der Waals surface area contributed by atoms with Crippen molar-refractivity contribution in [1.82, 2.24) is 9.88 Å². The van der Waals surface area contributed by atoms with E-state index in [4.69, 9.17) is 4.42 Å². The lowest BCUT2D eigenvalue weighted by Crippen LogP contribution is -2.38. The lowest BCUT2D eigenvalue weighted by Gasteiger charge is -2.30. The molecule has 2 heterocycles. The third kappa shape index (κ3) is 4.74. The Kier molecular flexibility index (Phi) is 5.98. The van der Waals surface area contributed by atoms with Gasteiger partial charge in [-0.2, -0.15) is 0 Å². The molecule has 0 aliphatic carbocycles. The molecule has 180 valence electrons. The number of nitrogens with one attached hydrogen (secondary N) is 1. The molecule has 7 nitrogen and oxygen atoms in total. The van der Waals surface area contributed by atoms with Gasteiger partial charge in [-0.15, -0.1) is 0 Å². The molecule has 3 aromatic carbocycles. The SMILES string of the molecule is O=C(c1ccc(NS(=O)(=O)c2ccc(F)c(F)c2)cc1)N1CCC(c2nc3ccccc3o2)CC1. The number of sulfonamides is 1. The maximum absolute atomic E-state index is 13.4. The first-order chi connectivity index (χ1) is 16.8. The van der Waals surface area contributed by atoms with Gasteiger partial charge in [-0.05, 0) is 67.4 Å². The number of rotatable bonds is 5. The first-order valence-electron chi connectivity index (χ1n) is 11.0. The summed E-state index contributed by atoms with van der Waals surface area (Å²) >= 11 is 0. The Bertz CT molecular complexity index is 1460. The Morgan fingerprint density at radius 3 is 2.37 bits per heavy atom. The van der Waals surface area contributed by atoms with Crippen LogP contribution in [0.25, 0.3) is 11.1 Å². The summed E-state index contributed by atoms with van der Waals surface area (Å²) < 4.78 is 59.6. The van der Waals surface area contributed by atoms with Crippen LogP contribution in [0.2, 0.25) is 0 Å². The molecule has 1 N–H and O–H groups in total. The zero-order valence-corrected chi connectivity index (χ0v) is 19.3. The highest BCUT2D eigenvalue weighted by atomic mass is 32.2. The zero-order chi connectivity index (χ0) is 24.6. The van der Waals surface area contributed by atoms with Gasteiger partial charge in [0.2, 0.25) is 0 Å². The predicted molar refractivity (Wildman–Crippen MR) is 125 cm³/mol. The molecule has 5 rings (SSSR count). The monoisotopic (exact) mass is 497 g/mol. The minimum absolute atomic E-state index is 0.138. The molecule has 1 aliphatic heterocycles. The molecule has 1 fully saturated rings. The second kappa shape index (κ2) is 9.10. The summed E-state index contributed by atoms with van der Waals surface area (Å²) in [6.07, 6.45) is 1.45. The average Bonchev–Trinajstić information content (AvgIpc) is 3.30. The fourth-order valence-corrected chi connectivity index (χ4v) is 5.19. The number of likely N-dealkylation sites (tertiary alicyclic amines) is 1. The highest BCUT2D eigenvalue weighted by molar-refractivity contribution is 7.92. The van der Waals surface area contributed by atoms with E-state index in [1.807, 2.05) is 24.3 Å². The van der Waals surface area contributed by atoms with Crippen LogP contribution in [-0.2, 0) is 10.0 Å². The summed E-state index contributed by atoms with van der Waals surface area (Å²) in [6.45, 7) is 1.10. The molecule has 0 spiro atoms. The second-order valence-corrected chi connectivity index (χ2v) is 10.0. The topological polar surface area (TPSA) is 92.5 Å². The molecule has 0 bridgehead atoms. The minimum atomic E-state index is -4.12. The molecule has 4 aromatic rings. The highest BCUT2D eigenvalue weighted by Gasteiger charge is 2.27. The number of nitrogens with zero attached hydrogens (tertiary/aromatic N) is 2. The standard InChI is InChI=1S/C25H21F2N3O4S/c26-20-10-9-19(15-21(20)27)35(32,33)29-18-7-5-17(6-8-18)25(31)30-13-11-16(12-14-30)24-28-22-3-1-2-4-23(22)34-24/h1-10,15-16,29H,11-14H2. The molecular weight excluding hydrogens is 476 g/mol. The van der Waals surface area contributed by atoms with Gasteiger partial charge in [0.05, 0.1) is 4.90 Å². The van der Waals surface area contributed by atoms with Gasteiger partial charge in [-0.25, -0.2) is 22.2 Å². The van der Waals surface area contributed by atoms with E-state index in [9.17, 15) is 22.0 Å². The number of hydrogen-bond donors (Lipinski definition) is 1. The number of amides is 1. The third-order valence-corrected chi connectivity index (χ3v) is 7.41. The van der Waals surface area contributed by atoms with Crippen LogP contribution in [-0.4, -0.2) is 37.3 Å². The van der Waals surface area contributed by atoms with Gasteiger partial charge in [0, 0.05) is 30.3 Å². The third-order valence-electron chi connectivity index (χ3n) is 6.03. The number of carbonyl (C=O) groups is 1. The number of halogens is 2. The van der Waals surface area contributed by atoms with Crippen LogP contribution in [0.1, 0.15) is 35.0 Å². The fourth-order valence-electron chi connectivity index (χ4n) is 4.12. The highest BCUT2D eigenvalue weighted by Crippen LogP contribution is 2.30. The maximum atomic E-state index is 13.4. The number of aromatic nitrogens is 1. The van der Waals surface area contributed by atoms with Crippen LogP contribution in [0.3, 0.4) is 0 Å². The fraction of sp³-hybridized carbons (Fsp3) is 0.200. The van der Waals surface area contributed by atoms with Crippen molar-refractivity contribution in [3.8, 4) is 0 Å². The van der Waals surface area contributed by atoms with Crippen LogP contribution in [0, 0.1) is 11.6 Å². The molecule has 1 aromatic heterocycles. The number of fused-ring (bicyclic) bond motifs is 1. The van der Waals surface area contributed by atoms with Gasteiger partial charge in [-0.1, -0.05) is 12.1 Å². The quantitative estimate of drug-likeness (QED) is 0.422. The number of anilines is 1. The summed E-state index contributed by atoms with van der Waals surface area (Å²) in [6, 6.07) is 15.9. The van der Waals surface area contributed by atoms with Crippen molar-refractivity contribution in [3.05, 3.63) is 89.8 Å². The Labute approximate surface area is 200 Å². The average molecular weight is 498 g/mol. The van der Waals surface area contributed by atoms with Gasteiger partial charge in [0.1, 0.15) is 5.52 Å². The van der Waals surface area contributed by atoms with Crippen LogP contribution in [0.15, 0.2) is 76.0 Å². The van der Waals surface area contributed by atoms with Gasteiger partial charge in [0.15, 0.2) is 23.1 Å². The van der Waals surface area contributed by atoms with E-state index < -0.39 is 26.6 Å². The first kappa shape index (κ1) is 23.0. The van der Waals surface area contributed by atoms with Crippen molar-refractivity contribution in [2.45, 2.75) is 23.7 Å². The van der Waals surface area contributed by atoms with Crippen LogP contribution in [0.4, 0.5) is 14.5 Å². The summed E-state index contributed by atoms with van der Waals surface area (Å²) in [5, 5.41) is 0. The van der Waals surface area contributed by atoms with Crippen molar-refractivity contribution >= 4 is 32.7 Å². The van der Waals surface area contributed by atoms with E-state index >= 15 is 0 Å². The lowest BCUT2D eigenvalue weighted by atomic mass is 9.96. The molecule has 1 amide bonds. The van der Waals surface area contributed by atoms with E-state index in [2.05, 4.69) is 9.71 Å². The molecule has 0 atom stereocenters. The largest absolute Gasteiger partial charge is 0.440 e. The number of hydrogen-bond acceptors (Lipinski definition) is 5. The Hall–Kier alpha value is -3.79. The van der Waals surface area contributed by atoms with Crippen LogP contribution < -0.4 is 4.72 Å². The summed E-state index contributed by atoms with van der Waals surface area (Å²) in [7, 11) is -4.12. The van der Waals surface area contributed by atoms with Crippen molar-refractivity contribution < 1.29 is 26.4 Å². The Morgan fingerprint density at radius 1 is 0.971 bits per heavy atom. The minimum Gasteiger partial charge on any atom is -0.440 e. The smallest absolute Gasteiger partial charge is 0.261 e. The molecular formula is C25H21F2N3O4S. The summed E-state index contributed by atoms with van der Waals surface area (Å²) in [5.74, 6) is -1.72. The van der Waals surface area contributed by atoms with Crippen molar-refractivity contribution in [3.63, 3.8) is 0 Å². The van der Waals surface area contributed by atoms with Gasteiger partial charge >= 0.3 is 0 Å². The first-order valence-corrected chi connectivity index (χ1v) is 12.5. The number of carbonyl (C=O) groups excluding carboxylic acids is 1. The number of piperidine rings is 1. The Balaban J connectivity index is 1.21.